The Morgan fingerprint density at radius 1 is 1.29 bits per heavy atom. The van der Waals surface area contributed by atoms with Crippen molar-refractivity contribution in [2.24, 2.45) is 0 Å². The van der Waals surface area contributed by atoms with Gasteiger partial charge in [0.25, 0.3) is 0 Å². The number of hydrogen-bond donors (Lipinski definition) is 2. The van der Waals surface area contributed by atoms with Crippen LogP contribution >= 0.6 is 0 Å². The summed E-state index contributed by atoms with van der Waals surface area (Å²) >= 11 is 0. The van der Waals surface area contributed by atoms with Crippen molar-refractivity contribution in [3.8, 4) is 5.75 Å². The first-order valence-electron chi connectivity index (χ1n) is 7.89. The minimum absolute atomic E-state index is 0.0694. The number of pyridine rings is 1. The molecular formula is C18H19N3O3. The number of rotatable bonds is 6. The fourth-order valence-electron chi connectivity index (χ4n) is 2.51. The summed E-state index contributed by atoms with van der Waals surface area (Å²) in [7, 11) is 0. The van der Waals surface area contributed by atoms with E-state index in [2.05, 4.69) is 15.6 Å². The van der Waals surface area contributed by atoms with Gasteiger partial charge in [0.15, 0.2) is 0 Å². The van der Waals surface area contributed by atoms with E-state index in [1.54, 1.807) is 6.20 Å². The quantitative estimate of drug-likeness (QED) is 0.844. The van der Waals surface area contributed by atoms with Crippen LogP contribution in [0.5, 0.6) is 5.75 Å². The van der Waals surface area contributed by atoms with Gasteiger partial charge in [0, 0.05) is 19.2 Å². The van der Waals surface area contributed by atoms with Crippen molar-refractivity contribution in [2.75, 3.05) is 0 Å². The number of nitrogens with zero attached hydrogens (tertiary/aromatic N) is 1. The largest absolute Gasteiger partial charge is 0.487 e. The van der Waals surface area contributed by atoms with Crippen molar-refractivity contribution in [1.29, 1.82) is 0 Å². The van der Waals surface area contributed by atoms with Crippen LogP contribution in [0.25, 0.3) is 0 Å². The summed E-state index contributed by atoms with van der Waals surface area (Å²) in [5, 5.41) is 5.50. The van der Waals surface area contributed by atoms with E-state index in [9.17, 15) is 9.59 Å². The third-order valence-electron chi connectivity index (χ3n) is 3.79. The van der Waals surface area contributed by atoms with Crippen LogP contribution in [0.15, 0.2) is 48.7 Å². The Kier molecular flexibility index (Phi) is 5.05. The van der Waals surface area contributed by atoms with Gasteiger partial charge in [-0.25, -0.2) is 0 Å². The van der Waals surface area contributed by atoms with E-state index >= 15 is 0 Å². The zero-order valence-electron chi connectivity index (χ0n) is 13.2. The molecule has 1 fully saturated rings. The SMILES string of the molecule is O=C1CC[C@H](C(=O)NCc2cccc(OCc3ccccn3)c2)N1. The Morgan fingerprint density at radius 2 is 2.21 bits per heavy atom. The molecule has 6 nitrogen and oxygen atoms in total. The molecule has 1 aromatic carbocycles. The highest BCUT2D eigenvalue weighted by Crippen LogP contribution is 2.15. The lowest BCUT2D eigenvalue weighted by atomic mass is 10.2. The first-order valence-corrected chi connectivity index (χ1v) is 7.89. The Morgan fingerprint density at radius 3 is 2.96 bits per heavy atom. The predicted octanol–water partition coefficient (Wildman–Crippen LogP) is 1.56. The fourth-order valence-corrected chi connectivity index (χ4v) is 2.51. The van der Waals surface area contributed by atoms with E-state index in [1.807, 2.05) is 42.5 Å². The van der Waals surface area contributed by atoms with Gasteiger partial charge < -0.3 is 15.4 Å². The third-order valence-corrected chi connectivity index (χ3v) is 3.79. The van der Waals surface area contributed by atoms with Gasteiger partial charge in [-0.1, -0.05) is 18.2 Å². The van der Waals surface area contributed by atoms with Crippen molar-refractivity contribution in [3.63, 3.8) is 0 Å². The van der Waals surface area contributed by atoms with Crippen LogP contribution in [0.2, 0.25) is 0 Å². The van der Waals surface area contributed by atoms with Crippen LogP contribution in [0.1, 0.15) is 24.1 Å². The minimum Gasteiger partial charge on any atom is -0.487 e. The summed E-state index contributed by atoms with van der Waals surface area (Å²) in [5.74, 6) is 0.502. The predicted molar refractivity (Wildman–Crippen MR) is 88.0 cm³/mol. The number of nitrogens with one attached hydrogen (secondary N) is 2. The molecular weight excluding hydrogens is 306 g/mol. The number of aromatic nitrogens is 1. The second kappa shape index (κ2) is 7.59. The molecule has 0 bridgehead atoms. The summed E-state index contributed by atoms with van der Waals surface area (Å²) in [5.41, 5.74) is 1.79. The average molecular weight is 325 g/mol. The summed E-state index contributed by atoms with van der Waals surface area (Å²) in [4.78, 5) is 27.4. The number of hydrogen-bond acceptors (Lipinski definition) is 4. The molecule has 3 rings (SSSR count). The van der Waals surface area contributed by atoms with Gasteiger partial charge in [0.05, 0.1) is 5.69 Å². The van der Waals surface area contributed by atoms with Crippen LogP contribution in [-0.2, 0) is 22.7 Å². The van der Waals surface area contributed by atoms with Gasteiger partial charge in [-0.05, 0) is 36.2 Å². The zero-order valence-corrected chi connectivity index (χ0v) is 13.2. The first-order chi connectivity index (χ1) is 11.7. The third kappa shape index (κ3) is 4.32. The molecule has 1 aliphatic heterocycles. The van der Waals surface area contributed by atoms with Crippen LogP contribution in [-0.4, -0.2) is 22.8 Å². The molecule has 2 N–H and O–H groups in total. The van der Waals surface area contributed by atoms with Gasteiger partial charge in [0.1, 0.15) is 18.4 Å². The molecule has 0 saturated carbocycles. The van der Waals surface area contributed by atoms with Crippen LogP contribution < -0.4 is 15.4 Å². The van der Waals surface area contributed by atoms with E-state index in [0.717, 1.165) is 17.0 Å². The maximum Gasteiger partial charge on any atom is 0.242 e. The highest BCUT2D eigenvalue weighted by Gasteiger charge is 2.26. The number of benzene rings is 1. The topological polar surface area (TPSA) is 80.3 Å². The van der Waals surface area contributed by atoms with E-state index < -0.39 is 6.04 Å². The van der Waals surface area contributed by atoms with Crippen molar-refractivity contribution >= 4 is 11.8 Å². The maximum absolute atomic E-state index is 12.0. The Hall–Kier alpha value is -2.89. The van der Waals surface area contributed by atoms with Crippen molar-refractivity contribution < 1.29 is 14.3 Å². The van der Waals surface area contributed by atoms with E-state index in [-0.39, 0.29) is 11.8 Å². The van der Waals surface area contributed by atoms with Crippen molar-refractivity contribution in [1.82, 2.24) is 15.6 Å². The lowest BCUT2D eigenvalue weighted by Crippen LogP contribution is -2.41. The van der Waals surface area contributed by atoms with Crippen LogP contribution in [0.3, 0.4) is 0 Å². The molecule has 1 aromatic heterocycles. The summed E-state index contributed by atoms with van der Waals surface area (Å²) in [6.45, 7) is 0.788. The number of carbonyl (C=O) groups is 2. The second-order valence-electron chi connectivity index (χ2n) is 5.63. The zero-order chi connectivity index (χ0) is 16.8. The summed E-state index contributed by atoms with van der Waals surface area (Å²) in [6.07, 6.45) is 2.69. The molecule has 2 amide bonds. The monoisotopic (exact) mass is 325 g/mol. The molecule has 1 aliphatic rings. The average Bonchev–Trinajstić information content (AvgIpc) is 3.06. The number of carbonyl (C=O) groups excluding carboxylic acids is 2. The van der Waals surface area contributed by atoms with E-state index in [0.29, 0.717) is 26.0 Å². The fraction of sp³-hybridized carbons (Fsp3) is 0.278. The number of ether oxygens (including phenoxy) is 1. The molecule has 124 valence electrons. The molecule has 0 radical (unpaired) electrons. The second-order valence-corrected chi connectivity index (χ2v) is 5.63. The normalized spacial score (nSPS) is 16.5. The highest BCUT2D eigenvalue weighted by molar-refractivity contribution is 5.90. The summed E-state index contributed by atoms with van der Waals surface area (Å²) in [6, 6.07) is 12.8. The van der Waals surface area contributed by atoms with E-state index in [1.165, 1.54) is 0 Å². The van der Waals surface area contributed by atoms with Crippen molar-refractivity contribution in [3.05, 3.63) is 59.9 Å². The maximum atomic E-state index is 12.0. The number of amides is 2. The lowest BCUT2D eigenvalue weighted by molar-refractivity contribution is -0.125. The van der Waals surface area contributed by atoms with Gasteiger partial charge in [0.2, 0.25) is 11.8 Å². The van der Waals surface area contributed by atoms with Crippen LogP contribution in [0, 0.1) is 0 Å². The molecule has 2 aromatic rings. The Bertz CT molecular complexity index is 718. The molecule has 2 heterocycles. The lowest BCUT2D eigenvalue weighted by Gasteiger charge is -2.12. The summed E-state index contributed by atoms with van der Waals surface area (Å²) < 4.78 is 5.72. The van der Waals surface area contributed by atoms with Gasteiger partial charge in [-0.2, -0.15) is 0 Å². The Labute approximate surface area is 140 Å². The van der Waals surface area contributed by atoms with Crippen LogP contribution in [0.4, 0.5) is 0 Å². The molecule has 0 aliphatic carbocycles. The van der Waals surface area contributed by atoms with E-state index in [4.69, 9.17) is 4.74 Å². The van der Waals surface area contributed by atoms with Crippen molar-refractivity contribution in [2.45, 2.75) is 32.0 Å². The minimum atomic E-state index is -0.416. The highest BCUT2D eigenvalue weighted by atomic mass is 16.5. The Balaban J connectivity index is 1.51. The van der Waals surface area contributed by atoms with Gasteiger partial charge in [-0.3, -0.25) is 14.6 Å². The standard InChI is InChI=1S/C18H19N3O3/c22-17-8-7-16(21-17)18(23)20-11-13-4-3-6-15(10-13)24-12-14-5-1-2-9-19-14/h1-6,9-10,16H,7-8,11-12H2,(H,20,23)(H,21,22)/t16-/m1/s1. The first kappa shape index (κ1) is 16.0. The molecule has 1 saturated heterocycles. The molecule has 1 atom stereocenters. The molecule has 6 heteroatoms. The molecule has 24 heavy (non-hydrogen) atoms. The van der Waals surface area contributed by atoms with Gasteiger partial charge >= 0.3 is 0 Å². The molecule has 0 unspecified atom stereocenters. The smallest absolute Gasteiger partial charge is 0.242 e. The van der Waals surface area contributed by atoms with Gasteiger partial charge in [-0.15, -0.1) is 0 Å². The molecule has 0 spiro atoms.